The van der Waals surface area contributed by atoms with Crippen molar-refractivity contribution in [2.75, 3.05) is 26.3 Å². The van der Waals surface area contributed by atoms with Gasteiger partial charge in [-0.3, -0.25) is 4.79 Å². The molecule has 0 unspecified atom stereocenters. The lowest BCUT2D eigenvalue weighted by atomic mass is 10.1. The van der Waals surface area contributed by atoms with Crippen molar-refractivity contribution in [2.45, 2.75) is 36.2 Å². The molecule has 132 valence electrons. The summed E-state index contributed by atoms with van der Waals surface area (Å²) < 4.78 is 32.8. The SMILES string of the molecule is O=C(N[C@@H]1CCOC1)c1ccc(S(=O)(=O)NC2CCNCC2)cc1. The summed E-state index contributed by atoms with van der Waals surface area (Å²) in [5.74, 6) is -0.208. The highest BCUT2D eigenvalue weighted by Gasteiger charge is 2.22. The fraction of sp³-hybridized carbons (Fsp3) is 0.562. The Morgan fingerprint density at radius 3 is 2.42 bits per heavy atom. The summed E-state index contributed by atoms with van der Waals surface area (Å²) in [6, 6.07) is 6.03. The molecule has 1 atom stereocenters. The van der Waals surface area contributed by atoms with Gasteiger partial charge in [0.15, 0.2) is 0 Å². The minimum absolute atomic E-state index is 0.0301. The summed E-state index contributed by atoms with van der Waals surface area (Å²) in [6.45, 7) is 2.82. The van der Waals surface area contributed by atoms with Gasteiger partial charge in [0, 0.05) is 18.2 Å². The van der Waals surface area contributed by atoms with Crippen LogP contribution in [-0.2, 0) is 14.8 Å². The number of hydrogen-bond acceptors (Lipinski definition) is 5. The summed E-state index contributed by atoms with van der Waals surface area (Å²) >= 11 is 0. The molecule has 2 aliphatic heterocycles. The highest BCUT2D eigenvalue weighted by molar-refractivity contribution is 7.89. The number of carbonyl (C=O) groups excluding carboxylic acids is 1. The second-order valence-corrected chi connectivity index (χ2v) is 7.92. The van der Waals surface area contributed by atoms with Crippen LogP contribution in [0, 0.1) is 0 Å². The molecule has 2 aliphatic rings. The van der Waals surface area contributed by atoms with Crippen LogP contribution < -0.4 is 15.4 Å². The molecule has 0 spiro atoms. The number of carbonyl (C=O) groups is 1. The normalized spacial score (nSPS) is 22.4. The maximum atomic E-state index is 12.4. The smallest absolute Gasteiger partial charge is 0.251 e. The zero-order valence-electron chi connectivity index (χ0n) is 13.5. The Balaban J connectivity index is 1.63. The fourth-order valence-electron chi connectivity index (χ4n) is 2.93. The molecule has 0 saturated carbocycles. The fourth-order valence-corrected chi connectivity index (χ4v) is 4.23. The predicted molar refractivity (Wildman–Crippen MR) is 89.3 cm³/mol. The second-order valence-electron chi connectivity index (χ2n) is 6.20. The van der Waals surface area contributed by atoms with Gasteiger partial charge in [-0.2, -0.15) is 0 Å². The first-order chi connectivity index (χ1) is 11.5. The molecule has 1 aromatic carbocycles. The summed E-state index contributed by atoms with van der Waals surface area (Å²) in [4.78, 5) is 12.3. The number of nitrogens with one attached hydrogen (secondary N) is 3. The average Bonchev–Trinajstić information content (AvgIpc) is 3.08. The number of ether oxygens (including phenoxy) is 1. The van der Waals surface area contributed by atoms with E-state index in [1.165, 1.54) is 12.1 Å². The van der Waals surface area contributed by atoms with E-state index in [1.54, 1.807) is 12.1 Å². The van der Waals surface area contributed by atoms with E-state index in [0.717, 1.165) is 32.4 Å². The number of amides is 1. The van der Waals surface area contributed by atoms with Crippen molar-refractivity contribution in [1.82, 2.24) is 15.4 Å². The number of benzene rings is 1. The molecule has 3 N–H and O–H groups in total. The van der Waals surface area contributed by atoms with Crippen molar-refractivity contribution in [2.24, 2.45) is 0 Å². The summed E-state index contributed by atoms with van der Waals surface area (Å²) in [6.07, 6.45) is 2.37. The standard InChI is InChI=1S/C16H23N3O4S/c20-16(18-14-7-10-23-11-14)12-1-3-15(4-2-12)24(21,22)19-13-5-8-17-9-6-13/h1-4,13-14,17,19H,5-11H2,(H,18,20)/t14-/m1/s1. The second kappa shape index (κ2) is 7.60. The Hall–Kier alpha value is -1.48. The highest BCUT2D eigenvalue weighted by Crippen LogP contribution is 2.14. The van der Waals surface area contributed by atoms with Gasteiger partial charge in [-0.05, 0) is 56.6 Å². The number of piperidine rings is 1. The van der Waals surface area contributed by atoms with Crippen molar-refractivity contribution in [1.29, 1.82) is 0 Å². The van der Waals surface area contributed by atoms with E-state index < -0.39 is 10.0 Å². The molecule has 1 aromatic rings. The average molecular weight is 353 g/mol. The van der Waals surface area contributed by atoms with Gasteiger partial charge < -0.3 is 15.4 Å². The molecule has 0 aliphatic carbocycles. The van der Waals surface area contributed by atoms with Crippen LogP contribution in [0.25, 0.3) is 0 Å². The molecule has 0 aromatic heterocycles. The van der Waals surface area contributed by atoms with Crippen molar-refractivity contribution in [3.8, 4) is 0 Å². The van der Waals surface area contributed by atoms with E-state index in [2.05, 4.69) is 15.4 Å². The summed E-state index contributed by atoms with van der Waals surface area (Å²) in [5, 5.41) is 6.08. The van der Waals surface area contributed by atoms with Gasteiger partial charge in [-0.25, -0.2) is 13.1 Å². The third-order valence-electron chi connectivity index (χ3n) is 4.35. The van der Waals surface area contributed by atoms with Crippen LogP contribution in [0.5, 0.6) is 0 Å². The molecule has 0 bridgehead atoms. The lowest BCUT2D eigenvalue weighted by molar-refractivity contribution is 0.0930. The number of sulfonamides is 1. The van der Waals surface area contributed by atoms with Crippen molar-refractivity contribution in [3.63, 3.8) is 0 Å². The third-order valence-corrected chi connectivity index (χ3v) is 5.89. The predicted octanol–water partition coefficient (Wildman–Crippen LogP) is 0.236. The van der Waals surface area contributed by atoms with E-state index in [0.29, 0.717) is 18.8 Å². The van der Waals surface area contributed by atoms with E-state index in [1.807, 2.05) is 0 Å². The van der Waals surface area contributed by atoms with Gasteiger partial charge in [0.1, 0.15) is 0 Å². The van der Waals surface area contributed by atoms with E-state index in [-0.39, 0.29) is 22.9 Å². The largest absolute Gasteiger partial charge is 0.379 e. The van der Waals surface area contributed by atoms with Crippen LogP contribution in [0.15, 0.2) is 29.2 Å². The van der Waals surface area contributed by atoms with Gasteiger partial charge >= 0.3 is 0 Å². The maximum Gasteiger partial charge on any atom is 0.251 e. The van der Waals surface area contributed by atoms with Gasteiger partial charge in [0.2, 0.25) is 10.0 Å². The van der Waals surface area contributed by atoms with E-state index in [4.69, 9.17) is 4.74 Å². The molecule has 24 heavy (non-hydrogen) atoms. The Bertz CT molecular complexity index is 663. The first-order valence-electron chi connectivity index (χ1n) is 8.26. The molecular formula is C16H23N3O4S. The monoisotopic (exact) mass is 353 g/mol. The summed E-state index contributed by atoms with van der Waals surface area (Å²) in [7, 11) is -3.55. The molecule has 8 heteroatoms. The van der Waals surface area contributed by atoms with Crippen LogP contribution in [0.1, 0.15) is 29.6 Å². The van der Waals surface area contributed by atoms with Crippen LogP contribution in [0.3, 0.4) is 0 Å². The number of hydrogen-bond donors (Lipinski definition) is 3. The quantitative estimate of drug-likeness (QED) is 0.704. The zero-order chi connectivity index (χ0) is 17.0. The van der Waals surface area contributed by atoms with E-state index in [9.17, 15) is 13.2 Å². The Labute approximate surface area is 142 Å². The van der Waals surface area contributed by atoms with Crippen molar-refractivity contribution >= 4 is 15.9 Å². The van der Waals surface area contributed by atoms with Crippen LogP contribution in [0.4, 0.5) is 0 Å². The molecule has 7 nitrogen and oxygen atoms in total. The van der Waals surface area contributed by atoms with Crippen LogP contribution >= 0.6 is 0 Å². The summed E-state index contributed by atoms with van der Waals surface area (Å²) in [5.41, 5.74) is 0.447. The molecule has 2 fully saturated rings. The molecule has 3 rings (SSSR count). The first-order valence-corrected chi connectivity index (χ1v) is 9.75. The minimum atomic E-state index is -3.55. The minimum Gasteiger partial charge on any atom is -0.379 e. The van der Waals surface area contributed by atoms with Gasteiger partial charge in [-0.1, -0.05) is 0 Å². The lowest BCUT2D eigenvalue weighted by Gasteiger charge is -2.23. The van der Waals surface area contributed by atoms with Crippen molar-refractivity contribution in [3.05, 3.63) is 29.8 Å². The maximum absolute atomic E-state index is 12.4. The molecular weight excluding hydrogens is 330 g/mol. The Morgan fingerprint density at radius 2 is 1.79 bits per heavy atom. The Kier molecular flexibility index (Phi) is 5.50. The zero-order valence-corrected chi connectivity index (χ0v) is 14.3. The highest BCUT2D eigenvalue weighted by atomic mass is 32.2. The lowest BCUT2D eigenvalue weighted by Crippen LogP contribution is -2.42. The molecule has 1 amide bonds. The third kappa shape index (κ3) is 4.32. The Morgan fingerprint density at radius 1 is 1.08 bits per heavy atom. The van der Waals surface area contributed by atoms with E-state index >= 15 is 0 Å². The molecule has 2 heterocycles. The first kappa shape index (κ1) is 17.3. The van der Waals surface area contributed by atoms with Gasteiger partial charge in [0.05, 0.1) is 17.5 Å². The molecule has 2 saturated heterocycles. The van der Waals surface area contributed by atoms with Crippen LogP contribution in [-0.4, -0.2) is 52.7 Å². The van der Waals surface area contributed by atoms with Gasteiger partial charge in [-0.15, -0.1) is 0 Å². The van der Waals surface area contributed by atoms with Crippen LogP contribution in [0.2, 0.25) is 0 Å². The topological polar surface area (TPSA) is 96.5 Å². The number of rotatable bonds is 5. The molecule has 0 radical (unpaired) electrons. The van der Waals surface area contributed by atoms with Crippen molar-refractivity contribution < 1.29 is 17.9 Å². The van der Waals surface area contributed by atoms with Gasteiger partial charge in [0.25, 0.3) is 5.91 Å².